The molecule has 4 aromatic rings. The largest absolute Gasteiger partial charge is 0.497 e. The van der Waals surface area contributed by atoms with Gasteiger partial charge < -0.3 is 19.9 Å². The first-order valence-electron chi connectivity index (χ1n) is 10.0. The second-order valence-electron chi connectivity index (χ2n) is 7.67. The predicted molar refractivity (Wildman–Crippen MR) is 120 cm³/mol. The lowest BCUT2D eigenvalue weighted by atomic mass is 10.0. The predicted octanol–water partition coefficient (Wildman–Crippen LogP) is 5.70. The number of para-hydroxylation sites is 1. The molecule has 1 aliphatic heterocycles. The third-order valence-electron chi connectivity index (χ3n) is 5.76. The quantitative estimate of drug-likeness (QED) is 0.466. The van der Waals surface area contributed by atoms with Crippen molar-refractivity contribution in [2.45, 2.75) is 20.0 Å². The molecule has 0 fully saturated rings. The van der Waals surface area contributed by atoms with Crippen molar-refractivity contribution in [3.05, 3.63) is 83.6 Å². The average molecular weight is 397 g/mol. The topological polar surface area (TPSA) is 57.4 Å². The number of ether oxygens (including phenoxy) is 1. The van der Waals surface area contributed by atoms with Crippen molar-refractivity contribution in [1.82, 2.24) is 9.88 Å². The van der Waals surface area contributed by atoms with Crippen molar-refractivity contribution in [2.75, 3.05) is 12.4 Å². The van der Waals surface area contributed by atoms with Crippen LogP contribution in [0.5, 0.6) is 5.75 Å². The number of nitrogens with one attached hydrogen (secondary N) is 2. The molecule has 2 heterocycles. The second-order valence-corrected chi connectivity index (χ2v) is 7.67. The number of fused-ring (bicyclic) bond motifs is 2. The zero-order valence-electron chi connectivity index (χ0n) is 17.0. The highest BCUT2D eigenvalue weighted by molar-refractivity contribution is 6.02. The number of carbonyl (C=O) groups excluding carboxylic acids is 1. The molecule has 5 nitrogen and oxygen atoms in total. The van der Waals surface area contributed by atoms with Crippen molar-refractivity contribution >= 4 is 22.6 Å². The fourth-order valence-corrected chi connectivity index (χ4v) is 4.12. The van der Waals surface area contributed by atoms with Gasteiger partial charge in [-0.05, 0) is 53.4 Å². The van der Waals surface area contributed by atoms with Gasteiger partial charge in [-0.25, -0.2) is 4.79 Å². The third-order valence-corrected chi connectivity index (χ3v) is 5.76. The summed E-state index contributed by atoms with van der Waals surface area (Å²) < 4.78 is 5.24. The standard InChI is InChI=1S/C25H23N3O2/c1-16-24(22-5-3-4-6-23(22)26-16)27-25(29)28-14-19-8-7-18(13-20(19)15-28)17-9-11-21(30-2)12-10-17/h3-13,26H,14-15H2,1-2H3,(H,27,29). The van der Waals surface area contributed by atoms with Crippen molar-refractivity contribution < 1.29 is 9.53 Å². The number of urea groups is 1. The molecule has 2 amide bonds. The Kier molecular flexibility index (Phi) is 4.43. The zero-order valence-corrected chi connectivity index (χ0v) is 17.0. The van der Waals surface area contributed by atoms with Crippen LogP contribution in [0, 0.1) is 6.92 Å². The number of anilines is 1. The molecule has 0 aliphatic carbocycles. The van der Waals surface area contributed by atoms with Gasteiger partial charge in [-0.2, -0.15) is 0 Å². The summed E-state index contributed by atoms with van der Waals surface area (Å²) in [7, 11) is 1.67. The summed E-state index contributed by atoms with van der Waals surface area (Å²) in [5.74, 6) is 0.843. The van der Waals surface area contributed by atoms with Gasteiger partial charge in [0.2, 0.25) is 0 Å². The number of amides is 2. The third kappa shape index (κ3) is 3.18. The first-order chi connectivity index (χ1) is 14.6. The van der Waals surface area contributed by atoms with Gasteiger partial charge in [-0.3, -0.25) is 0 Å². The van der Waals surface area contributed by atoms with Crippen LogP contribution in [-0.4, -0.2) is 23.0 Å². The van der Waals surface area contributed by atoms with Crippen LogP contribution in [0.4, 0.5) is 10.5 Å². The summed E-state index contributed by atoms with van der Waals surface area (Å²) in [6, 6.07) is 22.4. The monoisotopic (exact) mass is 397 g/mol. The number of nitrogens with zero attached hydrogens (tertiary/aromatic N) is 1. The maximum Gasteiger partial charge on any atom is 0.322 e. The lowest BCUT2D eigenvalue weighted by Gasteiger charge is -2.16. The highest BCUT2D eigenvalue weighted by atomic mass is 16.5. The normalized spacial score (nSPS) is 12.8. The molecule has 0 saturated carbocycles. The van der Waals surface area contributed by atoms with Crippen molar-refractivity contribution in [2.24, 2.45) is 0 Å². The molecular formula is C25H23N3O2. The first-order valence-corrected chi connectivity index (χ1v) is 10.0. The van der Waals surface area contributed by atoms with E-state index in [0.29, 0.717) is 13.1 Å². The number of H-pyrrole nitrogens is 1. The number of aromatic nitrogens is 1. The van der Waals surface area contributed by atoms with Gasteiger partial charge in [-0.15, -0.1) is 0 Å². The molecule has 1 aromatic heterocycles. The molecule has 0 saturated heterocycles. The van der Waals surface area contributed by atoms with Gasteiger partial charge >= 0.3 is 6.03 Å². The molecule has 0 spiro atoms. The summed E-state index contributed by atoms with van der Waals surface area (Å²) in [6.07, 6.45) is 0. The van der Waals surface area contributed by atoms with Crippen molar-refractivity contribution in [1.29, 1.82) is 0 Å². The molecule has 0 atom stereocenters. The fourth-order valence-electron chi connectivity index (χ4n) is 4.12. The highest BCUT2D eigenvalue weighted by Gasteiger charge is 2.25. The van der Waals surface area contributed by atoms with E-state index in [4.69, 9.17) is 4.74 Å². The van der Waals surface area contributed by atoms with Gasteiger partial charge in [0.1, 0.15) is 5.75 Å². The van der Waals surface area contributed by atoms with Crippen molar-refractivity contribution in [3.8, 4) is 16.9 Å². The Balaban J connectivity index is 1.35. The molecule has 5 rings (SSSR count). The van der Waals surface area contributed by atoms with Crippen LogP contribution < -0.4 is 10.1 Å². The summed E-state index contributed by atoms with van der Waals surface area (Å²) in [4.78, 5) is 18.2. The van der Waals surface area contributed by atoms with E-state index >= 15 is 0 Å². The highest BCUT2D eigenvalue weighted by Crippen LogP contribution is 2.31. The van der Waals surface area contributed by atoms with Crippen LogP contribution >= 0.6 is 0 Å². The number of aromatic amines is 1. The Bertz CT molecular complexity index is 1240. The molecule has 0 bridgehead atoms. The average Bonchev–Trinajstić information content (AvgIpc) is 3.34. The van der Waals surface area contributed by atoms with E-state index in [-0.39, 0.29) is 6.03 Å². The van der Waals surface area contributed by atoms with Crippen LogP contribution in [0.2, 0.25) is 0 Å². The molecule has 150 valence electrons. The van der Waals surface area contributed by atoms with E-state index in [1.54, 1.807) is 7.11 Å². The summed E-state index contributed by atoms with van der Waals surface area (Å²) in [6.45, 7) is 3.20. The molecule has 3 aromatic carbocycles. The Hall–Kier alpha value is -3.73. The Labute approximate surface area is 175 Å². The summed E-state index contributed by atoms with van der Waals surface area (Å²) >= 11 is 0. The summed E-state index contributed by atoms with van der Waals surface area (Å²) in [5, 5.41) is 4.14. The van der Waals surface area contributed by atoms with E-state index in [2.05, 4.69) is 40.6 Å². The van der Waals surface area contributed by atoms with Crippen LogP contribution in [0.3, 0.4) is 0 Å². The Morgan fingerprint density at radius 1 is 0.967 bits per heavy atom. The lowest BCUT2D eigenvalue weighted by molar-refractivity contribution is 0.212. The smallest absolute Gasteiger partial charge is 0.322 e. The molecule has 30 heavy (non-hydrogen) atoms. The van der Waals surface area contributed by atoms with Crippen LogP contribution in [0.15, 0.2) is 66.7 Å². The maximum atomic E-state index is 13.0. The minimum atomic E-state index is -0.0787. The number of methoxy groups -OCH3 is 1. The minimum absolute atomic E-state index is 0.0787. The zero-order chi connectivity index (χ0) is 20.7. The number of hydrogen-bond acceptors (Lipinski definition) is 2. The van der Waals surface area contributed by atoms with Crippen LogP contribution in [-0.2, 0) is 13.1 Å². The first kappa shape index (κ1) is 18.3. The molecule has 5 heteroatoms. The van der Waals surface area contributed by atoms with Gasteiger partial charge in [-0.1, -0.05) is 42.5 Å². The van der Waals surface area contributed by atoms with E-state index in [1.165, 1.54) is 11.1 Å². The molecule has 1 aliphatic rings. The van der Waals surface area contributed by atoms with Gasteiger partial charge in [0.05, 0.1) is 12.8 Å². The van der Waals surface area contributed by atoms with Gasteiger partial charge in [0, 0.05) is 29.7 Å². The molecular weight excluding hydrogens is 374 g/mol. The van der Waals surface area contributed by atoms with Gasteiger partial charge in [0.15, 0.2) is 0 Å². The SMILES string of the molecule is COc1ccc(-c2ccc3c(c2)CN(C(=O)Nc2c(C)[nH]c4ccccc24)C3)cc1. The number of carbonyl (C=O) groups is 1. The van der Waals surface area contributed by atoms with E-state index in [1.807, 2.05) is 48.2 Å². The van der Waals surface area contributed by atoms with E-state index in [0.717, 1.165) is 39.2 Å². The lowest BCUT2D eigenvalue weighted by Crippen LogP contribution is -2.30. The van der Waals surface area contributed by atoms with E-state index < -0.39 is 0 Å². The Morgan fingerprint density at radius 2 is 1.70 bits per heavy atom. The van der Waals surface area contributed by atoms with Gasteiger partial charge in [0.25, 0.3) is 0 Å². The molecule has 0 radical (unpaired) electrons. The second kappa shape index (κ2) is 7.26. The van der Waals surface area contributed by atoms with Crippen molar-refractivity contribution in [3.63, 3.8) is 0 Å². The van der Waals surface area contributed by atoms with Crippen LogP contribution in [0.1, 0.15) is 16.8 Å². The summed E-state index contributed by atoms with van der Waals surface area (Å²) in [5.41, 5.74) is 7.50. The fraction of sp³-hybridized carbons (Fsp3) is 0.160. The number of benzene rings is 3. The molecule has 0 unspecified atom stereocenters. The minimum Gasteiger partial charge on any atom is -0.497 e. The maximum absolute atomic E-state index is 13.0. The molecule has 2 N–H and O–H groups in total. The number of aryl methyl sites for hydroxylation is 1. The van der Waals surface area contributed by atoms with Crippen LogP contribution in [0.25, 0.3) is 22.0 Å². The number of hydrogen-bond donors (Lipinski definition) is 2. The van der Waals surface area contributed by atoms with E-state index in [9.17, 15) is 4.79 Å². The Morgan fingerprint density at radius 3 is 2.50 bits per heavy atom. The number of rotatable bonds is 3.